The first-order valence-electron chi connectivity index (χ1n) is 5.97. The lowest BCUT2D eigenvalue weighted by Crippen LogP contribution is -2.32. The highest BCUT2D eigenvalue weighted by Crippen LogP contribution is 2.40. The first kappa shape index (κ1) is 11.1. The van der Waals surface area contributed by atoms with E-state index in [-0.39, 0.29) is 6.10 Å². The van der Waals surface area contributed by atoms with Crippen molar-refractivity contribution in [2.75, 3.05) is 7.11 Å². The predicted octanol–water partition coefficient (Wildman–Crippen LogP) is 3.73. The van der Waals surface area contributed by atoms with Crippen molar-refractivity contribution in [2.24, 2.45) is 5.92 Å². The first-order valence-corrected chi connectivity index (χ1v) is 6.77. The second kappa shape index (κ2) is 4.37. The van der Waals surface area contributed by atoms with Gasteiger partial charge in [-0.2, -0.15) is 0 Å². The van der Waals surface area contributed by atoms with Gasteiger partial charge in [0.2, 0.25) is 0 Å². The van der Waals surface area contributed by atoms with E-state index < -0.39 is 0 Å². The molecule has 0 bridgehead atoms. The highest BCUT2D eigenvalue weighted by atomic mass is 79.9. The van der Waals surface area contributed by atoms with Crippen molar-refractivity contribution in [1.29, 1.82) is 0 Å². The van der Waals surface area contributed by atoms with Crippen LogP contribution in [0, 0.1) is 5.92 Å². The molecule has 0 unspecified atom stereocenters. The van der Waals surface area contributed by atoms with Crippen molar-refractivity contribution in [2.45, 2.75) is 25.4 Å². The van der Waals surface area contributed by atoms with Gasteiger partial charge in [-0.05, 0) is 52.9 Å². The Labute approximate surface area is 110 Å². The topological polar surface area (TPSA) is 18.5 Å². The molecule has 0 radical (unpaired) electrons. The maximum atomic E-state index is 6.05. The number of fused-ring (bicyclic) bond motifs is 2. The van der Waals surface area contributed by atoms with E-state index in [0.29, 0.717) is 5.92 Å². The molecule has 17 heavy (non-hydrogen) atoms. The molecule has 1 heterocycles. The normalized spacial score (nSPS) is 25.8. The summed E-state index contributed by atoms with van der Waals surface area (Å²) in [5.74, 6) is 2.44. The van der Waals surface area contributed by atoms with Gasteiger partial charge < -0.3 is 9.47 Å². The van der Waals surface area contributed by atoms with Crippen molar-refractivity contribution in [3.8, 4) is 11.5 Å². The predicted molar refractivity (Wildman–Crippen MR) is 70.7 cm³/mol. The van der Waals surface area contributed by atoms with E-state index in [9.17, 15) is 0 Å². The lowest BCUT2D eigenvalue weighted by Gasteiger charge is -2.34. The van der Waals surface area contributed by atoms with Crippen LogP contribution in [0.1, 0.15) is 18.4 Å². The van der Waals surface area contributed by atoms with Crippen LogP contribution in [0.4, 0.5) is 0 Å². The van der Waals surface area contributed by atoms with Gasteiger partial charge in [0.15, 0.2) is 0 Å². The molecule has 3 rings (SSSR count). The van der Waals surface area contributed by atoms with Gasteiger partial charge >= 0.3 is 0 Å². The van der Waals surface area contributed by atoms with Crippen molar-refractivity contribution < 1.29 is 9.47 Å². The zero-order valence-electron chi connectivity index (χ0n) is 9.78. The van der Waals surface area contributed by atoms with E-state index in [1.165, 1.54) is 18.4 Å². The lowest BCUT2D eigenvalue weighted by molar-refractivity contribution is 0.141. The van der Waals surface area contributed by atoms with Crippen molar-refractivity contribution >= 4 is 15.9 Å². The molecule has 2 atom stereocenters. The van der Waals surface area contributed by atoms with Crippen LogP contribution in [0.5, 0.6) is 11.5 Å². The summed E-state index contributed by atoms with van der Waals surface area (Å²) in [5, 5.41) is 0. The van der Waals surface area contributed by atoms with Crippen LogP contribution in [0.3, 0.4) is 0 Å². The van der Waals surface area contributed by atoms with E-state index in [2.05, 4.69) is 34.1 Å². The summed E-state index contributed by atoms with van der Waals surface area (Å²) >= 11 is 3.53. The quantitative estimate of drug-likeness (QED) is 0.735. The zero-order valence-corrected chi connectivity index (χ0v) is 11.4. The third-order valence-corrected chi connectivity index (χ3v) is 4.19. The fraction of sp³-hybridized carbons (Fsp3) is 0.429. The molecule has 1 aromatic carbocycles. The van der Waals surface area contributed by atoms with E-state index in [4.69, 9.17) is 9.47 Å². The van der Waals surface area contributed by atoms with Gasteiger partial charge in [-0.25, -0.2) is 0 Å². The number of halogens is 1. The Hall–Kier alpha value is -0.960. The van der Waals surface area contributed by atoms with Crippen LogP contribution < -0.4 is 9.47 Å². The average Bonchev–Trinajstić information content (AvgIpc) is 2.35. The number of benzene rings is 1. The maximum Gasteiger partial charge on any atom is 0.136 e. The molecule has 1 aromatic rings. The van der Waals surface area contributed by atoms with Crippen LogP contribution in [0.15, 0.2) is 28.8 Å². The Morgan fingerprint density at radius 1 is 1.41 bits per heavy atom. The fourth-order valence-electron chi connectivity index (χ4n) is 2.65. The Balaban J connectivity index is 1.98. The molecule has 1 aliphatic heterocycles. The van der Waals surface area contributed by atoms with Crippen molar-refractivity contribution in [3.05, 3.63) is 34.3 Å². The fourth-order valence-corrected chi connectivity index (χ4v) is 3.20. The Bertz CT molecular complexity index is 468. The summed E-state index contributed by atoms with van der Waals surface area (Å²) in [4.78, 5) is 0. The molecule has 0 amide bonds. The number of methoxy groups -OCH3 is 1. The molecule has 90 valence electrons. The van der Waals surface area contributed by atoms with Crippen molar-refractivity contribution in [3.63, 3.8) is 0 Å². The number of hydrogen-bond donors (Lipinski definition) is 0. The highest BCUT2D eigenvalue weighted by molar-refractivity contribution is 9.10. The molecule has 2 nitrogen and oxygen atoms in total. The van der Waals surface area contributed by atoms with Gasteiger partial charge in [0.25, 0.3) is 0 Å². The molecule has 0 N–H and O–H groups in total. The molecule has 2 aliphatic rings. The summed E-state index contributed by atoms with van der Waals surface area (Å²) in [6.45, 7) is 0. The number of ether oxygens (including phenoxy) is 2. The summed E-state index contributed by atoms with van der Waals surface area (Å²) < 4.78 is 12.4. The molecular formula is C14H15BrO2. The smallest absolute Gasteiger partial charge is 0.136 e. The van der Waals surface area contributed by atoms with E-state index in [1.54, 1.807) is 7.11 Å². The molecule has 0 saturated heterocycles. The molecule has 1 aliphatic carbocycles. The summed E-state index contributed by atoms with van der Waals surface area (Å²) in [7, 11) is 1.68. The van der Waals surface area contributed by atoms with E-state index in [0.717, 1.165) is 22.4 Å². The van der Waals surface area contributed by atoms with Gasteiger partial charge in [0.05, 0.1) is 11.6 Å². The standard InChI is InChI=1S/C14H15BrO2/c1-16-14-8-13-10(7-11(14)15)6-9-4-2-3-5-12(9)17-13/h3,5,7-9,12H,2,4,6H2,1H3/t9-,12-/m1/s1. The molecule has 0 aromatic heterocycles. The van der Waals surface area contributed by atoms with Crippen LogP contribution in [0.25, 0.3) is 0 Å². The van der Waals surface area contributed by atoms with Crippen LogP contribution in [-0.2, 0) is 6.42 Å². The number of hydrogen-bond acceptors (Lipinski definition) is 2. The number of allylic oxidation sites excluding steroid dienone is 1. The van der Waals surface area contributed by atoms with Crippen LogP contribution in [0.2, 0.25) is 0 Å². The maximum absolute atomic E-state index is 6.05. The van der Waals surface area contributed by atoms with Gasteiger partial charge in [-0.15, -0.1) is 0 Å². The number of rotatable bonds is 1. The van der Waals surface area contributed by atoms with Crippen molar-refractivity contribution in [1.82, 2.24) is 0 Å². The minimum atomic E-state index is 0.252. The van der Waals surface area contributed by atoms with Crippen LogP contribution in [-0.4, -0.2) is 13.2 Å². The average molecular weight is 295 g/mol. The summed E-state index contributed by atoms with van der Waals surface area (Å²) in [6.07, 6.45) is 8.18. The largest absolute Gasteiger partial charge is 0.495 e. The van der Waals surface area contributed by atoms with Gasteiger partial charge in [-0.1, -0.05) is 6.08 Å². The van der Waals surface area contributed by atoms with Gasteiger partial charge in [-0.3, -0.25) is 0 Å². The van der Waals surface area contributed by atoms with Crippen LogP contribution >= 0.6 is 15.9 Å². The monoisotopic (exact) mass is 294 g/mol. The molecule has 3 heteroatoms. The SMILES string of the molecule is COc1cc2c(cc1Br)C[C@H]1CCC=C[C@H]1O2. The highest BCUT2D eigenvalue weighted by Gasteiger charge is 2.30. The third kappa shape index (κ3) is 1.97. The van der Waals surface area contributed by atoms with Gasteiger partial charge in [0.1, 0.15) is 17.6 Å². The third-order valence-electron chi connectivity index (χ3n) is 3.57. The van der Waals surface area contributed by atoms with E-state index >= 15 is 0 Å². The minimum absolute atomic E-state index is 0.252. The Kier molecular flexibility index (Phi) is 2.87. The molecule has 0 spiro atoms. The Morgan fingerprint density at radius 2 is 2.29 bits per heavy atom. The van der Waals surface area contributed by atoms with E-state index in [1.807, 2.05) is 6.07 Å². The molecule has 0 saturated carbocycles. The molecule has 0 fully saturated rings. The second-order valence-corrected chi connectivity index (χ2v) is 5.50. The first-order chi connectivity index (χ1) is 8.28. The summed E-state index contributed by atoms with van der Waals surface area (Å²) in [5.41, 5.74) is 1.29. The summed E-state index contributed by atoms with van der Waals surface area (Å²) in [6, 6.07) is 4.11. The Morgan fingerprint density at radius 3 is 3.12 bits per heavy atom. The second-order valence-electron chi connectivity index (χ2n) is 4.65. The zero-order chi connectivity index (χ0) is 11.8. The van der Waals surface area contributed by atoms with Gasteiger partial charge in [0, 0.05) is 12.0 Å². The minimum Gasteiger partial charge on any atom is -0.495 e. The lowest BCUT2D eigenvalue weighted by atomic mass is 9.84. The molecular weight excluding hydrogens is 280 g/mol.